The number of hydrogen-bond donors (Lipinski definition) is 1. The van der Waals surface area contributed by atoms with Gasteiger partial charge < -0.3 is 14.7 Å². The standard InChI is InChI=1S/C20H22N2O5/c23-17-8-10-21(11-9-17)20(24)13-16-6-7-18(22(25)26)19(12-16)27-14-15-4-2-1-3-5-15/h1-7,12,17,23H,8-11,13-14H2. The number of aliphatic hydroxyl groups excluding tert-OH is 1. The first kappa shape index (κ1) is 18.8. The maximum absolute atomic E-state index is 12.5. The van der Waals surface area contributed by atoms with E-state index in [1.807, 2.05) is 30.3 Å². The Morgan fingerprint density at radius 3 is 2.52 bits per heavy atom. The minimum atomic E-state index is -0.488. The highest BCUT2D eigenvalue weighted by atomic mass is 16.6. The molecule has 0 spiro atoms. The molecule has 1 heterocycles. The van der Waals surface area contributed by atoms with Crippen LogP contribution in [-0.2, 0) is 17.8 Å². The van der Waals surface area contributed by atoms with Crippen LogP contribution in [0.5, 0.6) is 5.75 Å². The predicted octanol–water partition coefficient (Wildman–Crippen LogP) is 2.70. The molecule has 1 fully saturated rings. The lowest BCUT2D eigenvalue weighted by molar-refractivity contribution is -0.386. The van der Waals surface area contributed by atoms with E-state index in [-0.39, 0.29) is 36.5 Å². The second-order valence-electron chi connectivity index (χ2n) is 6.62. The lowest BCUT2D eigenvalue weighted by Gasteiger charge is -2.29. The van der Waals surface area contributed by atoms with Crippen LogP contribution in [0.3, 0.4) is 0 Å². The molecule has 142 valence electrons. The van der Waals surface area contributed by atoms with Crippen LogP contribution in [0.4, 0.5) is 5.69 Å². The van der Waals surface area contributed by atoms with Crippen molar-refractivity contribution < 1.29 is 19.6 Å². The molecule has 0 aliphatic carbocycles. The van der Waals surface area contributed by atoms with Gasteiger partial charge in [-0.25, -0.2) is 0 Å². The van der Waals surface area contributed by atoms with Crippen LogP contribution in [0.15, 0.2) is 48.5 Å². The molecule has 1 aliphatic rings. The molecule has 0 aromatic heterocycles. The topological polar surface area (TPSA) is 92.9 Å². The molecule has 1 saturated heterocycles. The first-order valence-electron chi connectivity index (χ1n) is 8.93. The van der Waals surface area contributed by atoms with E-state index in [0.717, 1.165) is 5.56 Å². The zero-order valence-corrected chi connectivity index (χ0v) is 14.9. The molecule has 0 saturated carbocycles. The molecule has 7 heteroatoms. The van der Waals surface area contributed by atoms with Gasteiger partial charge in [-0.05, 0) is 30.0 Å². The first-order valence-corrected chi connectivity index (χ1v) is 8.93. The van der Waals surface area contributed by atoms with E-state index >= 15 is 0 Å². The number of piperidine rings is 1. The summed E-state index contributed by atoms with van der Waals surface area (Å²) in [6.45, 7) is 1.28. The number of likely N-dealkylation sites (tertiary alicyclic amines) is 1. The SMILES string of the molecule is O=C(Cc1ccc([N+](=O)[O-])c(OCc2ccccc2)c1)N1CCC(O)CC1. The van der Waals surface area contributed by atoms with Crippen molar-refractivity contribution in [2.45, 2.75) is 32.0 Å². The highest BCUT2D eigenvalue weighted by molar-refractivity contribution is 5.79. The van der Waals surface area contributed by atoms with Gasteiger partial charge in [0.25, 0.3) is 0 Å². The van der Waals surface area contributed by atoms with Crippen molar-refractivity contribution in [2.24, 2.45) is 0 Å². The van der Waals surface area contributed by atoms with Crippen LogP contribution >= 0.6 is 0 Å². The average Bonchev–Trinajstić information content (AvgIpc) is 2.67. The van der Waals surface area contributed by atoms with Gasteiger partial charge in [0.2, 0.25) is 5.91 Å². The normalized spacial score (nSPS) is 14.8. The van der Waals surface area contributed by atoms with E-state index in [1.165, 1.54) is 6.07 Å². The van der Waals surface area contributed by atoms with Gasteiger partial charge in [-0.1, -0.05) is 36.4 Å². The van der Waals surface area contributed by atoms with Crippen molar-refractivity contribution in [3.8, 4) is 5.75 Å². The number of nitro groups is 1. The Hall–Kier alpha value is -2.93. The van der Waals surface area contributed by atoms with Gasteiger partial charge in [0, 0.05) is 19.2 Å². The van der Waals surface area contributed by atoms with Crippen molar-refractivity contribution >= 4 is 11.6 Å². The van der Waals surface area contributed by atoms with E-state index in [0.29, 0.717) is 31.5 Å². The van der Waals surface area contributed by atoms with E-state index in [1.54, 1.807) is 17.0 Å². The fourth-order valence-corrected chi connectivity index (χ4v) is 3.07. The maximum atomic E-state index is 12.5. The summed E-state index contributed by atoms with van der Waals surface area (Å²) in [5.74, 6) is 0.105. The molecule has 0 radical (unpaired) electrons. The van der Waals surface area contributed by atoms with Gasteiger partial charge in [-0.15, -0.1) is 0 Å². The summed E-state index contributed by atoms with van der Waals surface area (Å²) in [4.78, 5) is 25.0. The largest absolute Gasteiger partial charge is 0.482 e. The fourth-order valence-electron chi connectivity index (χ4n) is 3.07. The Balaban J connectivity index is 1.70. The van der Waals surface area contributed by atoms with Gasteiger partial charge in [0.1, 0.15) is 6.61 Å². The minimum absolute atomic E-state index is 0.0511. The van der Waals surface area contributed by atoms with Crippen molar-refractivity contribution in [1.82, 2.24) is 4.90 Å². The zero-order chi connectivity index (χ0) is 19.2. The van der Waals surface area contributed by atoms with Gasteiger partial charge in [0.05, 0.1) is 17.4 Å². The second kappa shape index (κ2) is 8.64. The number of rotatable bonds is 6. The summed E-state index contributed by atoms with van der Waals surface area (Å²) < 4.78 is 5.67. The predicted molar refractivity (Wildman–Crippen MR) is 99.4 cm³/mol. The number of hydrogen-bond acceptors (Lipinski definition) is 5. The van der Waals surface area contributed by atoms with Gasteiger partial charge in [-0.2, -0.15) is 0 Å². The van der Waals surface area contributed by atoms with Gasteiger partial charge >= 0.3 is 5.69 Å². The van der Waals surface area contributed by atoms with Crippen molar-refractivity contribution in [1.29, 1.82) is 0 Å². The number of ether oxygens (including phenoxy) is 1. The van der Waals surface area contributed by atoms with E-state index < -0.39 is 4.92 Å². The van der Waals surface area contributed by atoms with Crippen LogP contribution in [0.25, 0.3) is 0 Å². The quantitative estimate of drug-likeness (QED) is 0.623. The average molecular weight is 370 g/mol. The highest BCUT2D eigenvalue weighted by Crippen LogP contribution is 2.29. The molecule has 2 aromatic carbocycles. The number of benzene rings is 2. The number of aliphatic hydroxyl groups is 1. The lowest BCUT2D eigenvalue weighted by atomic mass is 10.1. The van der Waals surface area contributed by atoms with Crippen LogP contribution in [-0.4, -0.2) is 40.0 Å². The summed E-state index contributed by atoms with van der Waals surface area (Å²) in [5, 5.41) is 20.8. The molecule has 2 aromatic rings. The third-order valence-corrected chi connectivity index (χ3v) is 4.63. The zero-order valence-electron chi connectivity index (χ0n) is 14.9. The minimum Gasteiger partial charge on any atom is -0.482 e. The Labute approximate surface area is 157 Å². The summed E-state index contributed by atoms with van der Waals surface area (Å²) >= 11 is 0. The van der Waals surface area contributed by atoms with E-state index in [4.69, 9.17) is 4.74 Å². The molecule has 1 aliphatic heterocycles. The Morgan fingerprint density at radius 2 is 1.85 bits per heavy atom. The Kier molecular flexibility index (Phi) is 6.03. The maximum Gasteiger partial charge on any atom is 0.310 e. The number of carbonyl (C=O) groups is 1. The van der Waals surface area contributed by atoms with Crippen LogP contribution in [0, 0.1) is 10.1 Å². The van der Waals surface area contributed by atoms with E-state index in [9.17, 15) is 20.0 Å². The van der Waals surface area contributed by atoms with Crippen molar-refractivity contribution in [2.75, 3.05) is 13.1 Å². The summed E-state index contributed by atoms with van der Waals surface area (Å²) in [6, 6.07) is 13.9. The Bertz CT molecular complexity index is 801. The number of amides is 1. The second-order valence-corrected chi connectivity index (χ2v) is 6.62. The van der Waals surface area contributed by atoms with Crippen LogP contribution in [0.1, 0.15) is 24.0 Å². The molecule has 1 N–H and O–H groups in total. The molecule has 0 atom stereocenters. The number of carbonyl (C=O) groups excluding carboxylic acids is 1. The monoisotopic (exact) mass is 370 g/mol. The fraction of sp³-hybridized carbons (Fsp3) is 0.350. The molecule has 0 unspecified atom stereocenters. The van der Waals surface area contributed by atoms with Gasteiger partial charge in [-0.3, -0.25) is 14.9 Å². The lowest BCUT2D eigenvalue weighted by Crippen LogP contribution is -2.40. The summed E-state index contributed by atoms with van der Waals surface area (Å²) in [5.41, 5.74) is 1.45. The number of nitro benzene ring substituents is 1. The molecule has 0 bridgehead atoms. The third kappa shape index (κ3) is 5.04. The molecule has 7 nitrogen and oxygen atoms in total. The van der Waals surface area contributed by atoms with Crippen molar-refractivity contribution in [3.63, 3.8) is 0 Å². The number of nitrogens with zero attached hydrogens (tertiary/aromatic N) is 2. The highest BCUT2D eigenvalue weighted by Gasteiger charge is 2.22. The van der Waals surface area contributed by atoms with Gasteiger partial charge in [0.15, 0.2) is 5.75 Å². The van der Waals surface area contributed by atoms with Crippen LogP contribution < -0.4 is 4.74 Å². The molecule has 27 heavy (non-hydrogen) atoms. The molecule has 1 amide bonds. The summed E-state index contributed by atoms with van der Waals surface area (Å²) in [7, 11) is 0. The smallest absolute Gasteiger partial charge is 0.310 e. The van der Waals surface area contributed by atoms with Crippen LogP contribution in [0.2, 0.25) is 0 Å². The Morgan fingerprint density at radius 1 is 1.15 bits per heavy atom. The van der Waals surface area contributed by atoms with Crippen molar-refractivity contribution in [3.05, 3.63) is 69.8 Å². The first-order chi connectivity index (χ1) is 13.0. The molecular formula is C20H22N2O5. The molecular weight excluding hydrogens is 348 g/mol. The molecule has 3 rings (SSSR count). The van der Waals surface area contributed by atoms with E-state index in [2.05, 4.69) is 0 Å². The summed E-state index contributed by atoms with van der Waals surface area (Å²) in [6.07, 6.45) is 0.969. The third-order valence-electron chi connectivity index (χ3n) is 4.63.